The summed E-state index contributed by atoms with van der Waals surface area (Å²) in [4.78, 5) is 24.4. The molecule has 186 valence electrons. The number of alkyl halides is 3. The first-order valence-electron chi connectivity index (χ1n) is 10.5. The Kier molecular flexibility index (Phi) is 6.86. The SMILES string of the molecule is COc1ncc(NC(=O)Cc2ccc(-c3cnc(Nc4ccn(C)c4)nc3)cc2F)cc1C(F)(F)F. The van der Waals surface area contributed by atoms with E-state index in [-0.39, 0.29) is 11.3 Å². The zero-order chi connectivity index (χ0) is 25.9. The molecule has 8 nitrogen and oxygen atoms in total. The molecular formula is C24H20F4N6O2. The van der Waals surface area contributed by atoms with Crippen LogP contribution < -0.4 is 15.4 Å². The number of nitrogens with zero attached hydrogens (tertiary/aromatic N) is 4. The minimum atomic E-state index is -4.72. The van der Waals surface area contributed by atoms with Gasteiger partial charge in [-0.2, -0.15) is 13.2 Å². The van der Waals surface area contributed by atoms with Crippen LogP contribution in [0.5, 0.6) is 5.88 Å². The highest BCUT2D eigenvalue weighted by Crippen LogP contribution is 2.36. The number of aryl methyl sites for hydroxylation is 1. The molecule has 0 aliphatic carbocycles. The molecule has 0 spiro atoms. The molecule has 1 amide bonds. The number of nitrogens with one attached hydrogen (secondary N) is 2. The molecule has 0 saturated carbocycles. The molecule has 0 unspecified atom stereocenters. The van der Waals surface area contributed by atoms with E-state index >= 15 is 0 Å². The Hall–Kier alpha value is -4.48. The van der Waals surface area contributed by atoms with Gasteiger partial charge in [-0.1, -0.05) is 12.1 Å². The number of benzene rings is 1. The lowest BCUT2D eigenvalue weighted by Gasteiger charge is -2.13. The van der Waals surface area contributed by atoms with Gasteiger partial charge in [-0.05, 0) is 29.3 Å². The number of aromatic nitrogens is 4. The van der Waals surface area contributed by atoms with Gasteiger partial charge >= 0.3 is 6.18 Å². The standard InChI is InChI=1S/C24H20F4N6O2/c1-34-6-5-17(13-34)33-23-30-10-16(11-31-23)14-3-4-15(20(25)7-14)8-21(35)32-18-9-19(24(26,27)28)22(36-2)29-12-18/h3-7,9-13H,8H2,1-2H3,(H,32,35)(H,30,31,33). The van der Waals surface area contributed by atoms with Crippen LogP contribution in [-0.4, -0.2) is 32.5 Å². The van der Waals surface area contributed by atoms with E-state index in [2.05, 4.69) is 30.3 Å². The van der Waals surface area contributed by atoms with E-state index in [1.807, 2.05) is 30.1 Å². The summed E-state index contributed by atoms with van der Waals surface area (Å²) >= 11 is 0. The van der Waals surface area contributed by atoms with Crippen molar-refractivity contribution in [1.82, 2.24) is 19.5 Å². The maximum absolute atomic E-state index is 14.7. The molecule has 0 fully saturated rings. The fourth-order valence-corrected chi connectivity index (χ4v) is 3.38. The molecule has 0 atom stereocenters. The van der Waals surface area contributed by atoms with Crippen LogP contribution >= 0.6 is 0 Å². The molecule has 0 aliphatic heterocycles. The number of halogens is 4. The molecule has 3 aromatic heterocycles. The van der Waals surface area contributed by atoms with Gasteiger partial charge in [-0.3, -0.25) is 4.79 Å². The van der Waals surface area contributed by atoms with Crippen LogP contribution in [0.15, 0.2) is 61.3 Å². The molecule has 0 saturated heterocycles. The number of hydrogen-bond acceptors (Lipinski definition) is 6. The summed E-state index contributed by atoms with van der Waals surface area (Å²) in [5.41, 5.74) is 0.623. The summed E-state index contributed by atoms with van der Waals surface area (Å²) in [6.45, 7) is 0. The van der Waals surface area contributed by atoms with Crippen LogP contribution in [0.1, 0.15) is 11.1 Å². The summed E-state index contributed by atoms with van der Waals surface area (Å²) in [5, 5.41) is 5.35. The summed E-state index contributed by atoms with van der Waals surface area (Å²) in [6, 6.07) is 6.84. The second-order valence-corrected chi connectivity index (χ2v) is 7.80. The minimum Gasteiger partial charge on any atom is -0.481 e. The van der Waals surface area contributed by atoms with Crippen LogP contribution in [0.4, 0.5) is 34.9 Å². The lowest BCUT2D eigenvalue weighted by atomic mass is 10.0. The molecular weight excluding hydrogens is 480 g/mol. The summed E-state index contributed by atoms with van der Waals surface area (Å²) < 4.78 is 60.7. The number of rotatable bonds is 7. The van der Waals surface area contributed by atoms with Gasteiger partial charge in [-0.25, -0.2) is 19.3 Å². The lowest BCUT2D eigenvalue weighted by Crippen LogP contribution is -2.17. The highest BCUT2D eigenvalue weighted by Gasteiger charge is 2.35. The van der Waals surface area contributed by atoms with Gasteiger partial charge in [0.2, 0.25) is 17.7 Å². The molecule has 4 rings (SSSR count). The van der Waals surface area contributed by atoms with Crippen LogP contribution in [0.3, 0.4) is 0 Å². The van der Waals surface area contributed by atoms with Gasteiger partial charge in [0.1, 0.15) is 11.4 Å². The second kappa shape index (κ2) is 10.0. The predicted octanol–water partition coefficient (Wildman–Crippen LogP) is 4.97. The maximum Gasteiger partial charge on any atom is 0.421 e. The topological polar surface area (TPSA) is 94.0 Å². The van der Waals surface area contributed by atoms with Crippen LogP contribution in [0.25, 0.3) is 11.1 Å². The predicted molar refractivity (Wildman–Crippen MR) is 124 cm³/mol. The molecule has 3 heterocycles. The van der Waals surface area contributed by atoms with E-state index < -0.39 is 35.8 Å². The van der Waals surface area contributed by atoms with Gasteiger partial charge in [0.05, 0.1) is 31.1 Å². The molecule has 1 aromatic carbocycles. The van der Waals surface area contributed by atoms with Gasteiger partial charge in [-0.15, -0.1) is 0 Å². The summed E-state index contributed by atoms with van der Waals surface area (Å²) in [6.07, 6.45) is 2.72. The molecule has 4 aromatic rings. The van der Waals surface area contributed by atoms with Gasteiger partial charge in [0.25, 0.3) is 0 Å². The number of carbonyl (C=O) groups is 1. The Morgan fingerprint density at radius 1 is 1.03 bits per heavy atom. The first-order chi connectivity index (χ1) is 17.1. The number of hydrogen-bond donors (Lipinski definition) is 2. The van der Waals surface area contributed by atoms with Gasteiger partial charge < -0.3 is 19.9 Å². The third-order valence-corrected chi connectivity index (χ3v) is 5.11. The zero-order valence-corrected chi connectivity index (χ0v) is 19.1. The Bertz CT molecular complexity index is 1390. The van der Waals surface area contributed by atoms with Crippen LogP contribution in [-0.2, 0) is 24.4 Å². The van der Waals surface area contributed by atoms with Gasteiger partial charge in [0, 0.05) is 37.4 Å². The van der Waals surface area contributed by atoms with E-state index in [0.717, 1.165) is 19.0 Å². The fourth-order valence-electron chi connectivity index (χ4n) is 3.38. The van der Waals surface area contributed by atoms with Crippen molar-refractivity contribution in [3.05, 3.63) is 78.3 Å². The van der Waals surface area contributed by atoms with Crippen molar-refractivity contribution in [2.75, 3.05) is 17.7 Å². The van der Waals surface area contributed by atoms with Crippen LogP contribution in [0.2, 0.25) is 0 Å². The van der Waals surface area contributed by atoms with Crippen molar-refractivity contribution in [2.24, 2.45) is 7.05 Å². The summed E-state index contributed by atoms with van der Waals surface area (Å²) in [7, 11) is 2.95. The highest BCUT2D eigenvalue weighted by molar-refractivity contribution is 5.92. The monoisotopic (exact) mass is 500 g/mol. The second-order valence-electron chi connectivity index (χ2n) is 7.80. The number of methoxy groups -OCH3 is 1. The Labute approximate surface area is 203 Å². The molecule has 0 radical (unpaired) electrons. The normalized spacial score (nSPS) is 11.3. The summed E-state index contributed by atoms with van der Waals surface area (Å²) in [5.74, 6) is -1.60. The van der Waals surface area contributed by atoms with Crippen molar-refractivity contribution in [1.29, 1.82) is 0 Å². The van der Waals surface area contributed by atoms with Gasteiger partial charge in [0.15, 0.2) is 0 Å². The van der Waals surface area contributed by atoms with E-state index in [0.29, 0.717) is 23.1 Å². The van der Waals surface area contributed by atoms with Crippen LogP contribution in [0, 0.1) is 5.82 Å². The van der Waals surface area contributed by atoms with E-state index in [9.17, 15) is 22.4 Å². The largest absolute Gasteiger partial charge is 0.481 e. The number of amides is 1. The third kappa shape index (κ3) is 5.77. The molecule has 2 N–H and O–H groups in total. The number of carbonyl (C=O) groups excluding carboxylic acids is 1. The average molecular weight is 500 g/mol. The smallest absolute Gasteiger partial charge is 0.421 e. The van der Waals surface area contributed by atoms with Crippen molar-refractivity contribution < 1.29 is 27.1 Å². The Balaban J connectivity index is 1.43. The highest BCUT2D eigenvalue weighted by atomic mass is 19.4. The van der Waals surface area contributed by atoms with E-state index in [1.165, 1.54) is 24.5 Å². The lowest BCUT2D eigenvalue weighted by molar-refractivity contribution is -0.139. The first-order valence-corrected chi connectivity index (χ1v) is 10.5. The number of anilines is 3. The average Bonchev–Trinajstić information content (AvgIpc) is 3.24. The van der Waals surface area contributed by atoms with E-state index in [1.54, 1.807) is 6.07 Å². The van der Waals surface area contributed by atoms with Crippen molar-refractivity contribution in [3.63, 3.8) is 0 Å². The quantitative estimate of drug-likeness (QED) is 0.348. The third-order valence-electron chi connectivity index (χ3n) is 5.11. The fraction of sp³-hybridized carbons (Fsp3) is 0.167. The minimum absolute atomic E-state index is 0.0667. The van der Waals surface area contributed by atoms with Crippen molar-refractivity contribution >= 4 is 23.2 Å². The molecule has 0 bridgehead atoms. The maximum atomic E-state index is 14.7. The van der Waals surface area contributed by atoms with Crippen molar-refractivity contribution in [2.45, 2.75) is 12.6 Å². The van der Waals surface area contributed by atoms with Crippen molar-refractivity contribution in [3.8, 4) is 17.0 Å². The number of pyridine rings is 1. The first kappa shape index (κ1) is 24.6. The Morgan fingerprint density at radius 3 is 2.39 bits per heavy atom. The molecule has 36 heavy (non-hydrogen) atoms. The Morgan fingerprint density at radius 2 is 1.78 bits per heavy atom. The molecule has 12 heteroatoms. The van der Waals surface area contributed by atoms with E-state index in [4.69, 9.17) is 0 Å². The zero-order valence-electron chi connectivity index (χ0n) is 19.1. The molecule has 0 aliphatic rings. The number of ether oxygens (including phenoxy) is 1.